The molecule has 2 aliphatic rings. The first-order chi connectivity index (χ1) is 17.4. The fourth-order valence-electron chi connectivity index (χ4n) is 5.69. The van der Waals surface area contributed by atoms with Crippen molar-refractivity contribution in [3.05, 3.63) is 29.2 Å². The quantitative estimate of drug-likeness (QED) is 0.563. The van der Waals surface area contributed by atoms with Crippen LogP contribution < -0.4 is 0 Å². The summed E-state index contributed by atoms with van der Waals surface area (Å²) in [4.78, 5) is 47.3. The lowest BCUT2D eigenvalue weighted by Gasteiger charge is -2.47. The van der Waals surface area contributed by atoms with Gasteiger partial charge in [-0.3, -0.25) is 14.4 Å². The van der Waals surface area contributed by atoms with E-state index >= 15 is 0 Å². The molecule has 2 amide bonds. The summed E-state index contributed by atoms with van der Waals surface area (Å²) in [5, 5.41) is 4.71. The van der Waals surface area contributed by atoms with Crippen LogP contribution in [0.25, 0.3) is 5.65 Å². The second kappa shape index (κ2) is 10.4. The number of imidazole rings is 1. The molecule has 3 heterocycles. The van der Waals surface area contributed by atoms with Crippen molar-refractivity contribution in [1.29, 1.82) is 0 Å². The van der Waals surface area contributed by atoms with Crippen LogP contribution in [-0.2, 0) is 14.3 Å². The highest BCUT2D eigenvalue weighted by Crippen LogP contribution is 2.33. The highest BCUT2D eigenvalue weighted by atomic mass is 16.5. The van der Waals surface area contributed by atoms with Gasteiger partial charge in [0.25, 0.3) is 5.91 Å². The topological polar surface area (TPSA) is 97.1 Å². The second-order valence-corrected chi connectivity index (χ2v) is 11.8. The molecule has 0 unspecified atom stereocenters. The molecule has 0 bridgehead atoms. The normalized spacial score (nSPS) is 22.1. The van der Waals surface area contributed by atoms with Gasteiger partial charge in [0.1, 0.15) is 5.69 Å². The minimum atomic E-state index is -0.540. The van der Waals surface area contributed by atoms with Crippen LogP contribution in [0.5, 0.6) is 0 Å². The van der Waals surface area contributed by atoms with E-state index in [2.05, 4.69) is 33.8 Å². The van der Waals surface area contributed by atoms with Crippen molar-refractivity contribution in [3.63, 3.8) is 0 Å². The SMILES string of the molecule is COC(=O)[C@H]1CC[C@@H](C(=O)N2CCN(C(=O)c3cn4nc(C(C)C)cc(C(C)C)c4n3)C(C)(C)C2)CC1. The van der Waals surface area contributed by atoms with Gasteiger partial charge in [-0.2, -0.15) is 5.10 Å². The Balaban J connectivity index is 1.48. The number of carbonyl (C=O) groups excluding carboxylic acids is 3. The molecule has 9 nitrogen and oxygen atoms in total. The van der Waals surface area contributed by atoms with E-state index < -0.39 is 5.54 Å². The predicted molar refractivity (Wildman–Crippen MR) is 140 cm³/mol. The van der Waals surface area contributed by atoms with Gasteiger partial charge in [0, 0.05) is 31.1 Å². The first-order valence-electron chi connectivity index (χ1n) is 13.5. The number of aromatic nitrogens is 3. The van der Waals surface area contributed by atoms with Crippen molar-refractivity contribution in [2.75, 3.05) is 26.7 Å². The van der Waals surface area contributed by atoms with Crippen LogP contribution in [0.1, 0.15) is 101 Å². The number of hydrogen-bond donors (Lipinski definition) is 0. The van der Waals surface area contributed by atoms with Gasteiger partial charge in [0.15, 0.2) is 5.65 Å². The maximum absolute atomic E-state index is 13.7. The number of rotatable bonds is 5. The van der Waals surface area contributed by atoms with E-state index in [0.717, 1.165) is 16.9 Å². The molecule has 1 saturated heterocycles. The Morgan fingerprint density at radius 2 is 1.65 bits per heavy atom. The van der Waals surface area contributed by atoms with E-state index in [1.807, 2.05) is 23.6 Å². The minimum absolute atomic E-state index is 0.0759. The fourth-order valence-corrected chi connectivity index (χ4v) is 5.69. The number of piperazine rings is 1. The van der Waals surface area contributed by atoms with Crippen LogP contribution in [-0.4, -0.2) is 74.5 Å². The van der Waals surface area contributed by atoms with Gasteiger partial charge in [-0.15, -0.1) is 0 Å². The molecule has 2 aromatic heterocycles. The second-order valence-electron chi connectivity index (χ2n) is 11.8. The van der Waals surface area contributed by atoms with E-state index in [1.54, 1.807) is 10.7 Å². The zero-order valence-corrected chi connectivity index (χ0v) is 23.3. The van der Waals surface area contributed by atoms with Crippen molar-refractivity contribution in [2.24, 2.45) is 11.8 Å². The molecular formula is C28H41N5O4. The number of fused-ring (bicyclic) bond motifs is 1. The molecule has 0 N–H and O–H groups in total. The number of hydrogen-bond acceptors (Lipinski definition) is 6. The molecule has 1 saturated carbocycles. The summed E-state index contributed by atoms with van der Waals surface area (Å²) in [6, 6.07) is 2.10. The highest BCUT2D eigenvalue weighted by molar-refractivity contribution is 5.94. The Labute approximate surface area is 219 Å². The van der Waals surface area contributed by atoms with Gasteiger partial charge >= 0.3 is 5.97 Å². The van der Waals surface area contributed by atoms with Gasteiger partial charge in [-0.25, -0.2) is 9.50 Å². The Bertz CT molecular complexity index is 1180. The molecule has 37 heavy (non-hydrogen) atoms. The first-order valence-corrected chi connectivity index (χ1v) is 13.5. The lowest BCUT2D eigenvalue weighted by molar-refractivity contribution is -0.149. The monoisotopic (exact) mass is 511 g/mol. The zero-order valence-electron chi connectivity index (χ0n) is 23.3. The fraction of sp³-hybridized carbons (Fsp3) is 0.679. The van der Waals surface area contributed by atoms with Crippen LogP contribution in [0.4, 0.5) is 0 Å². The maximum atomic E-state index is 13.7. The molecule has 202 valence electrons. The summed E-state index contributed by atoms with van der Waals surface area (Å²) in [6.45, 7) is 13.9. The van der Waals surface area contributed by atoms with E-state index in [0.29, 0.717) is 51.0 Å². The van der Waals surface area contributed by atoms with Gasteiger partial charge in [0.05, 0.1) is 30.5 Å². The summed E-state index contributed by atoms with van der Waals surface area (Å²) in [5.41, 5.74) is 2.61. The van der Waals surface area contributed by atoms with Gasteiger partial charge < -0.3 is 14.5 Å². The number of nitrogens with zero attached hydrogens (tertiary/aromatic N) is 5. The van der Waals surface area contributed by atoms with Crippen LogP contribution in [0.2, 0.25) is 0 Å². The Hall–Kier alpha value is -2.97. The van der Waals surface area contributed by atoms with Crippen LogP contribution in [0.15, 0.2) is 12.3 Å². The summed E-state index contributed by atoms with van der Waals surface area (Å²) < 4.78 is 6.62. The predicted octanol–water partition coefficient (Wildman–Crippen LogP) is 4.02. The molecule has 0 atom stereocenters. The summed E-state index contributed by atoms with van der Waals surface area (Å²) in [7, 11) is 1.41. The third-order valence-electron chi connectivity index (χ3n) is 7.98. The van der Waals surface area contributed by atoms with Crippen LogP contribution in [0, 0.1) is 11.8 Å². The maximum Gasteiger partial charge on any atom is 0.308 e. The molecule has 1 aliphatic heterocycles. The van der Waals surface area contributed by atoms with Crippen LogP contribution in [0.3, 0.4) is 0 Å². The molecule has 9 heteroatoms. The first kappa shape index (κ1) is 27.1. The third kappa shape index (κ3) is 5.36. The van der Waals surface area contributed by atoms with Crippen molar-refractivity contribution < 1.29 is 19.1 Å². The molecule has 0 aromatic carbocycles. The van der Waals surface area contributed by atoms with Crippen LogP contribution >= 0.6 is 0 Å². The lowest BCUT2D eigenvalue weighted by atomic mass is 9.81. The van der Waals surface area contributed by atoms with Crippen molar-refractivity contribution in [2.45, 2.75) is 84.6 Å². The van der Waals surface area contributed by atoms with E-state index in [1.165, 1.54) is 7.11 Å². The number of ether oxygens (including phenoxy) is 1. The Morgan fingerprint density at radius 3 is 2.22 bits per heavy atom. The van der Waals surface area contributed by atoms with Gasteiger partial charge in [-0.05, 0) is 57.4 Å². The third-order valence-corrected chi connectivity index (χ3v) is 7.98. The largest absolute Gasteiger partial charge is 0.469 e. The van der Waals surface area contributed by atoms with Gasteiger partial charge in [0.2, 0.25) is 5.91 Å². The molecular weight excluding hydrogens is 470 g/mol. The lowest BCUT2D eigenvalue weighted by Crippen LogP contribution is -2.62. The number of amides is 2. The molecule has 2 aromatic rings. The molecule has 0 radical (unpaired) electrons. The van der Waals surface area contributed by atoms with E-state index in [-0.39, 0.29) is 41.5 Å². The summed E-state index contributed by atoms with van der Waals surface area (Å²) in [6.07, 6.45) is 4.50. The van der Waals surface area contributed by atoms with Crippen molar-refractivity contribution in [3.8, 4) is 0 Å². The highest BCUT2D eigenvalue weighted by Gasteiger charge is 2.41. The Morgan fingerprint density at radius 1 is 1.00 bits per heavy atom. The molecule has 0 spiro atoms. The number of esters is 1. The zero-order chi connectivity index (χ0) is 27.1. The van der Waals surface area contributed by atoms with E-state index in [4.69, 9.17) is 14.8 Å². The summed E-state index contributed by atoms with van der Waals surface area (Å²) in [5.74, 6) is 0.152. The molecule has 4 rings (SSSR count). The van der Waals surface area contributed by atoms with Gasteiger partial charge in [-0.1, -0.05) is 27.7 Å². The summed E-state index contributed by atoms with van der Waals surface area (Å²) >= 11 is 0. The average Bonchev–Trinajstić information content (AvgIpc) is 3.30. The molecule has 1 aliphatic carbocycles. The smallest absolute Gasteiger partial charge is 0.308 e. The van der Waals surface area contributed by atoms with Crippen molar-refractivity contribution in [1.82, 2.24) is 24.4 Å². The minimum Gasteiger partial charge on any atom is -0.469 e. The number of carbonyl (C=O) groups is 3. The average molecular weight is 512 g/mol. The molecule has 2 fully saturated rings. The number of methoxy groups -OCH3 is 1. The van der Waals surface area contributed by atoms with Crippen molar-refractivity contribution >= 4 is 23.4 Å². The standard InChI is InChI=1S/C28H41N5O4/c1-17(2)21-14-22(18(3)4)30-33-15-23(29-24(21)33)26(35)32-13-12-31(16-28(32,5)6)25(34)19-8-10-20(11-9-19)27(36)37-7/h14-15,17-20H,8-13,16H2,1-7H3/t19-,20+. The Kier molecular flexibility index (Phi) is 7.62. The van der Waals surface area contributed by atoms with E-state index in [9.17, 15) is 14.4 Å².